The van der Waals surface area contributed by atoms with E-state index < -0.39 is 51.1 Å². The lowest BCUT2D eigenvalue weighted by Crippen LogP contribution is -2.34. The Morgan fingerprint density at radius 1 is 0.600 bits per heavy atom. The van der Waals surface area contributed by atoms with E-state index in [2.05, 4.69) is 18.4 Å². The second-order valence-electron chi connectivity index (χ2n) is 12.0. The van der Waals surface area contributed by atoms with Crippen molar-refractivity contribution >= 4 is 25.7 Å². The van der Waals surface area contributed by atoms with Gasteiger partial charge in [0.2, 0.25) is 0 Å². The molecule has 11 nitrogen and oxygen atoms in total. The van der Waals surface area contributed by atoms with Crippen LogP contribution in [0.25, 0.3) is 0 Å². The summed E-state index contributed by atoms with van der Waals surface area (Å²) in [5.74, 6) is -2.37. The highest BCUT2D eigenvalue weighted by Crippen LogP contribution is 2.43. The van der Waals surface area contributed by atoms with Crippen LogP contribution in [0.2, 0.25) is 0 Å². The van der Waals surface area contributed by atoms with Gasteiger partial charge >= 0.3 is 25.7 Å². The number of ether oxygens (including phenoxy) is 2. The normalized spacial score (nSPS) is 14.0. The Balaban J connectivity index is 4.45. The molecule has 1 unspecified atom stereocenters. The summed E-state index contributed by atoms with van der Waals surface area (Å²) in [5, 5.41) is 8.82. The molecule has 0 aromatic heterocycles. The number of aliphatic carboxylic acids is 1. The first-order valence-corrected chi connectivity index (χ1v) is 19.1. The van der Waals surface area contributed by atoms with Crippen molar-refractivity contribution in [2.75, 3.05) is 19.8 Å². The summed E-state index contributed by atoms with van der Waals surface area (Å²) in [6.07, 6.45) is 23.3. The third-order valence-electron chi connectivity index (χ3n) is 7.61. The van der Waals surface area contributed by atoms with Crippen molar-refractivity contribution in [2.45, 2.75) is 174 Å². The fourth-order valence-corrected chi connectivity index (χ4v) is 5.55. The topological polar surface area (TPSA) is 172 Å². The monoisotopic (exact) mass is 665 g/mol. The molecule has 0 aromatic carbocycles. The maximum atomic E-state index is 12.5. The van der Waals surface area contributed by atoms with Crippen molar-refractivity contribution in [1.82, 2.24) is 0 Å². The minimum Gasteiger partial charge on any atom is -0.480 e. The van der Waals surface area contributed by atoms with Crippen LogP contribution in [-0.2, 0) is 37.5 Å². The lowest BCUT2D eigenvalue weighted by molar-refractivity contribution is -0.161. The first-order valence-electron chi connectivity index (χ1n) is 17.6. The van der Waals surface area contributed by atoms with Crippen LogP contribution in [0, 0.1) is 0 Å². The third kappa shape index (κ3) is 29.6. The number of hydrogen-bond donors (Lipinski definition) is 3. The van der Waals surface area contributed by atoms with Gasteiger partial charge in [0.05, 0.1) is 13.2 Å². The molecular weight excluding hydrogens is 601 g/mol. The lowest BCUT2D eigenvalue weighted by atomic mass is 10.0. The maximum Gasteiger partial charge on any atom is 0.472 e. The molecule has 45 heavy (non-hydrogen) atoms. The summed E-state index contributed by atoms with van der Waals surface area (Å²) >= 11 is 0. The number of carbonyl (C=O) groups is 3. The summed E-state index contributed by atoms with van der Waals surface area (Å²) < 4.78 is 32.4. The van der Waals surface area contributed by atoms with E-state index in [0.29, 0.717) is 12.8 Å². The van der Waals surface area contributed by atoms with Gasteiger partial charge in [0.15, 0.2) is 6.10 Å². The van der Waals surface area contributed by atoms with Crippen molar-refractivity contribution in [3.8, 4) is 0 Å². The van der Waals surface area contributed by atoms with E-state index in [1.165, 1.54) is 83.5 Å². The number of esters is 2. The number of nitrogens with two attached hydrogens (primary N) is 1. The smallest absolute Gasteiger partial charge is 0.472 e. The van der Waals surface area contributed by atoms with Gasteiger partial charge in [-0.05, 0) is 12.8 Å². The van der Waals surface area contributed by atoms with Crippen LogP contribution in [0.3, 0.4) is 0 Å². The Bertz CT molecular complexity index is 797. The van der Waals surface area contributed by atoms with Gasteiger partial charge in [0.25, 0.3) is 0 Å². The molecule has 0 fully saturated rings. The van der Waals surface area contributed by atoms with Gasteiger partial charge in [-0.1, -0.05) is 136 Å². The highest BCUT2D eigenvalue weighted by Gasteiger charge is 2.28. The molecule has 0 saturated heterocycles. The molecule has 266 valence electrons. The molecule has 0 spiro atoms. The predicted molar refractivity (Wildman–Crippen MR) is 176 cm³/mol. The van der Waals surface area contributed by atoms with Crippen LogP contribution >= 0.6 is 7.82 Å². The quantitative estimate of drug-likeness (QED) is 0.0352. The molecule has 0 bridgehead atoms. The molecule has 0 saturated carbocycles. The molecule has 4 N–H and O–H groups in total. The predicted octanol–water partition coefficient (Wildman–Crippen LogP) is 8.00. The van der Waals surface area contributed by atoms with E-state index in [4.69, 9.17) is 24.8 Å². The van der Waals surface area contributed by atoms with Crippen molar-refractivity contribution in [3.05, 3.63) is 0 Å². The largest absolute Gasteiger partial charge is 0.480 e. The van der Waals surface area contributed by atoms with E-state index in [9.17, 15) is 23.8 Å². The SMILES string of the molecule is CCCCCCCCCCCCCCC(=O)OC[C@H](COP(=O)(O)OC[C@H](N)C(=O)O)OC(=O)CCCCCCCCCCC. The average molecular weight is 666 g/mol. The zero-order chi connectivity index (χ0) is 33.6. The number of rotatable bonds is 33. The highest BCUT2D eigenvalue weighted by molar-refractivity contribution is 7.47. The van der Waals surface area contributed by atoms with Gasteiger partial charge in [-0.2, -0.15) is 0 Å². The van der Waals surface area contributed by atoms with Crippen molar-refractivity contribution in [2.24, 2.45) is 5.73 Å². The molecule has 12 heteroatoms. The number of hydrogen-bond acceptors (Lipinski definition) is 9. The van der Waals surface area contributed by atoms with Gasteiger partial charge in [0, 0.05) is 12.8 Å². The highest BCUT2D eigenvalue weighted by atomic mass is 31.2. The second kappa shape index (κ2) is 29.9. The van der Waals surface area contributed by atoms with Crippen molar-refractivity contribution < 1.29 is 47.5 Å². The number of unbranched alkanes of at least 4 members (excludes halogenated alkanes) is 19. The molecule has 0 radical (unpaired) electrons. The molecule has 0 heterocycles. The summed E-state index contributed by atoms with van der Waals surface area (Å²) in [7, 11) is -4.69. The minimum atomic E-state index is -4.69. The van der Waals surface area contributed by atoms with Crippen LogP contribution in [0.1, 0.15) is 162 Å². The Hall–Kier alpha value is -1.52. The van der Waals surface area contributed by atoms with Crippen LogP contribution in [-0.4, -0.2) is 59.9 Å². The molecule has 0 aliphatic rings. The summed E-state index contributed by atoms with van der Waals surface area (Å²) in [5.41, 5.74) is 5.30. The number of carboxylic acids is 1. The Morgan fingerprint density at radius 3 is 1.40 bits per heavy atom. The third-order valence-corrected chi connectivity index (χ3v) is 8.56. The minimum absolute atomic E-state index is 0.167. The van der Waals surface area contributed by atoms with Gasteiger partial charge in [0.1, 0.15) is 12.6 Å². The standard InChI is InChI=1S/C33H64NO10P/c1-3-5-7-9-11-13-14-15-17-18-20-22-24-31(35)41-26-29(27-42-45(39,40)43-28-30(34)33(37)38)44-32(36)25-23-21-19-16-12-10-8-6-4-2/h29-30H,3-28,34H2,1-2H3,(H,37,38)(H,39,40)/t29-,30+/m1/s1. The van der Waals surface area contributed by atoms with Crippen LogP contribution in [0.5, 0.6) is 0 Å². The van der Waals surface area contributed by atoms with Crippen molar-refractivity contribution in [1.29, 1.82) is 0 Å². The van der Waals surface area contributed by atoms with Crippen LogP contribution in [0.15, 0.2) is 0 Å². The molecule has 0 aliphatic heterocycles. The Kier molecular flexibility index (Phi) is 28.8. The lowest BCUT2D eigenvalue weighted by Gasteiger charge is -2.20. The van der Waals surface area contributed by atoms with Gasteiger partial charge < -0.3 is 25.2 Å². The second-order valence-corrected chi connectivity index (χ2v) is 13.5. The Labute approximate surface area is 272 Å². The number of phosphoric ester groups is 1. The zero-order valence-corrected chi connectivity index (χ0v) is 29.1. The van der Waals surface area contributed by atoms with E-state index in [1.807, 2.05) is 0 Å². The molecule has 0 rings (SSSR count). The van der Waals surface area contributed by atoms with Crippen LogP contribution < -0.4 is 5.73 Å². The number of phosphoric acid groups is 1. The maximum absolute atomic E-state index is 12.5. The molecule has 0 aliphatic carbocycles. The van der Waals surface area contributed by atoms with E-state index in [1.54, 1.807) is 0 Å². The number of carboxylic acid groups (broad SMARTS) is 1. The first-order chi connectivity index (χ1) is 21.6. The van der Waals surface area contributed by atoms with Gasteiger partial charge in [-0.25, -0.2) is 4.57 Å². The number of carbonyl (C=O) groups excluding carboxylic acids is 2. The summed E-state index contributed by atoms with van der Waals surface area (Å²) in [6.45, 7) is 2.75. The summed E-state index contributed by atoms with van der Waals surface area (Å²) in [4.78, 5) is 45.5. The fourth-order valence-electron chi connectivity index (χ4n) is 4.77. The fraction of sp³-hybridized carbons (Fsp3) is 0.909. The van der Waals surface area contributed by atoms with Crippen LogP contribution in [0.4, 0.5) is 0 Å². The van der Waals surface area contributed by atoms with Gasteiger partial charge in [-0.3, -0.25) is 23.4 Å². The summed E-state index contributed by atoms with van der Waals surface area (Å²) in [6, 6.07) is -1.51. The van der Waals surface area contributed by atoms with Gasteiger partial charge in [-0.15, -0.1) is 0 Å². The average Bonchev–Trinajstić information content (AvgIpc) is 3.00. The van der Waals surface area contributed by atoms with E-state index >= 15 is 0 Å². The molecular formula is C33H64NO10P. The molecule has 0 amide bonds. The molecule has 3 atom stereocenters. The first kappa shape index (κ1) is 43.5. The van der Waals surface area contributed by atoms with E-state index in [0.717, 1.165) is 38.5 Å². The van der Waals surface area contributed by atoms with E-state index in [-0.39, 0.29) is 19.4 Å². The Morgan fingerprint density at radius 2 is 0.978 bits per heavy atom. The molecule has 0 aromatic rings. The van der Waals surface area contributed by atoms with Crippen molar-refractivity contribution in [3.63, 3.8) is 0 Å². The zero-order valence-electron chi connectivity index (χ0n) is 28.2.